The predicted molar refractivity (Wildman–Crippen MR) is 53.2 cm³/mol. The van der Waals surface area contributed by atoms with Crippen LogP contribution in [0.15, 0.2) is 30.3 Å². The van der Waals surface area contributed by atoms with E-state index < -0.39 is 0 Å². The Morgan fingerprint density at radius 1 is 1.17 bits per heavy atom. The van der Waals surface area contributed by atoms with Crippen LogP contribution in [0.3, 0.4) is 0 Å². The average molecular weight is 159 g/mol. The Hall–Kier alpha value is -1.24. The van der Waals surface area contributed by atoms with Crippen molar-refractivity contribution < 1.29 is 0 Å². The number of benzene rings is 1. The lowest BCUT2D eigenvalue weighted by Crippen LogP contribution is -1.93. The van der Waals surface area contributed by atoms with Gasteiger partial charge in [0.05, 0.1) is 0 Å². The summed E-state index contributed by atoms with van der Waals surface area (Å²) in [4.78, 5) is 0. The van der Waals surface area contributed by atoms with Gasteiger partial charge in [0.25, 0.3) is 0 Å². The molecule has 1 aromatic carbocycles. The zero-order valence-electron chi connectivity index (χ0n) is 7.30. The van der Waals surface area contributed by atoms with Gasteiger partial charge in [-0.2, -0.15) is 0 Å². The van der Waals surface area contributed by atoms with E-state index in [9.17, 15) is 0 Å². The van der Waals surface area contributed by atoms with Crippen molar-refractivity contribution in [3.8, 4) is 0 Å². The van der Waals surface area contributed by atoms with Crippen LogP contribution in [0.25, 0.3) is 5.57 Å². The maximum Gasteiger partial charge on any atom is 0.0337 e. The summed E-state index contributed by atoms with van der Waals surface area (Å²) in [5.74, 6) is 0. The molecule has 0 spiro atoms. The molecule has 2 rings (SSSR count). The number of hydrogen-bond acceptors (Lipinski definition) is 1. The first-order valence-electron chi connectivity index (χ1n) is 4.37. The number of nitrogens with one attached hydrogen (secondary N) is 1. The van der Waals surface area contributed by atoms with Gasteiger partial charge in [0.2, 0.25) is 0 Å². The molecular weight excluding hydrogens is 146 g/mol. The molecule has 1 aliphatic carbocycles. The van der Waals surface area contributed by atoms with Gasteiger partial charge >= 0.3 is 0 Å². The summed E-state index contributed by atoms with van der Waals surface area (Å²) in [5.41, 5.74) is 4.05. The number of allylic oxidation sites excluding steroid dienone is 2. The Morgan fingerprint density at radius 3 is 2.25 bits per heavy atom. The second-order valence-corrected chi connectivity index (χ2v) is 3.10. The fraction of sp³-hybridized carbons (Fsp3) is 0.273. The number of hydrogen-bond donors (Lipinski definition) is 1. The first-order chi connectivity index (χ1) is 5.90. The van der Waals surface area contributed by atoms with Crippen LogP contribution in [0.1, 0.15) is 18.4 Å². The van der Waals surface area contributed by atoms with Crippen molar-refractivity contribution in [3.63, 3.8) is 0 Å². The molecule has 0 unspecified atom stereocenters. The van der Waals surface area contributed by atoms with Gasteiger partial charge in [-0.1, -0.05) is 18.2 Å². The van der Waals surface area contributed by atoms with Crippen molar-refractivity contribution in [2.75, 3.05) is 12.4 Å². The van der Waals surface area contributed by atoms with Gasteiger partial charge in [-0.25, -0.2) is 0 Å². The summed E-state index contributed by atoms with van der Waals surface area (Å²) in [6.45, 7) is 0. The lowest BCUT2D eigenvalue weighted by atomic mass is 9.92. The summed E-state index contributed by atoms with van der Waals surface area (Å²) in [7, 11) is 1.94. The Balaban J connectivity index is 2.24. The van der Waals surface area contributed by atoms with Gasteiger partial charge < -0.3 is 5.32 Å². The van der Waals surface area contributed by atoms with Crippen LogP contribution >= 0.6 is 0 Å². The maximum atomic E-state index is 3.11. The van der Waals surface area contributed by atoms with Crippen LogP contribution in [-0.4, -0.2) is 7.05 Å². The molecule has 0 saturated carbocycles. The summed E-state index contributed by atoms with van der Waals surface area (Å²) in [6, 6.07) is 8.59. The number of rotatable bonds is 2. The van der Waals surface area contributed by atoms with Crippen LogP contribution in [0.2, 0.25) is 0 Å². The molecular formula is C11H13N. The highest BCUT2D eigenvalue weighted by molar-refractivity contribution is 5.70. The molecule has 0 aromatic heterocycles. The van der Waals surface area contributed by atoms with E-state index in [1.807, 2.05) is 7.05 Å². The van der Waals surface area contributed by atoms with Crippen molar-refractivity contribution >= 4 is 11.3 Å². The third-order valence-corrected chi connectivity index (χ3v) is 2.35. The molecule has 1 aliphatic rings. The molecule has 1 N–H and O–H groups in total. The molecule has 1 nitrogen and oxygen atoms in total. The third kappa shape index (κ3) is 1.22. The Bertz CT molecular complexity index is 295. The van der Waals surface area contributed by atoms with Crippen molar-refractivity contribution in [3.05, 3.63) is 35.9 Å². The zero-order valence-corrected chi connectivity index (χ0v) is 7.30. The van der Waals surface area contributed by atoms with E-state index in [1.165, 1.54) is 29.7 Å². The van der Waals surface area contributed by atoms with Gasteiger partial charge in [0.1, 0.15) is 0 Å². The predicted octanol–water partition coefficient (Wildman–Crippen LogP) is 2.91. The van der Waals surface area contributed by atoms with Gasteiger partial charge in [-0.15, -0.1) is 0 Å². The largest absolute Gasteiger partial charge is 0.388 e. The van der Waals surface area contributed by atoms with Gasteiger partial charge in [0.15, 0.2) is 0 Å². The average Bonchev–Trinajstić information content (AvgIpc) is 2.03. The van der Waals surface area contributed by atoms with Crippen molar-refractivity contribution in [2.24, 2.45) is 0 Å². The minimum Gasteiger partial charge on any atom is -0.388 e. The summed E-state index contributed by atoms with van der Waals surface area (Å²) >= 11 is 0. The fourth-order valence-electron chi connectivity index (χ4n) is 1.40. The molecule has 0 atom stereocenters. The molecule has 0 bridgehead atoms. The molecule has 62 valence electrons. The zero-order chi connectivity index (χ0) is 8.39. The number of anilines is 1. The normalized spacial score (nSPS) is 14.9. The molecule has 0 amide bonds. The summed E-state index contributed by atoms with van der Waals surface area (Å²) in [6.07, 6.45) is 4.80. The molecule has 0 heterocycles. The lowest BCUT2D eigenvalue weighted by molar-refractivity contribution is 0.988. The first kappa shape index (κ1) is 7.41. The fourth-order valence-corrected chi connectivity index (χ4v) is 1.40. The molecule has 0 saturated heterocycles. The van der Waals surface area contributed by atoms with E-state index in [-0.39, 0.29) is 0 Å². The summed E-state index contributed by atoms with van der Waals surface area (Å²) in [5, 5.41) is 3.11. The van der Waals surface area contributed by atoms with E-state index >= 15 is 0 Å². The molecule has 0 fully saturated rings. The monoisotopic (exact) mass is 159 g/mol. The third-order valence-electron chi connectivity index (χ3n) is 2.35. The van der Waals surface area contributed by atoms with E-state index in [0.717, 1.165) is 0 Å². The van der Waals surface area contributed by atoms with Crippen molar-refractivity contribution in [1.82, 2.24) is 0 Å². The standard InChI is InChI=1S/C11H13N/c1-12-11-7-5-10(6-8-11)9-3-2-4-9/h3,5-8,12H,2,4H2,1H3. The quantitative estimate of drug-likeness (QED) is 0.699. The van der Waals surface area contributed by atoms with Crippen molar-refractivity contribution in [2.45, 2.75) is 12.8 Å². The Morgan fingerprint density at radius 2 is 1.83 bits per heavy atom. The smallest absolute Gasteiger partial charge is 0.0337 e. The van der Waals surface area contributed by atoms with Crippen LogP contribution in [-0.2, 0) is 0 Å². The second-order valence-electron chi connectivity index (χ2n) is 3.10. The minimum atomic E-state index is 1.18. The van der Waals surface area contributed by atoms with E-state index in [1.54, 1.807) is 0 Å². The molecule has 0 aliphatic heterocycles. The lowest BCUT2D eigenvalue weighted by Gasteiger charge is -2.14. The molecule has 1 heteroatoms. The molecule has 0 radical (unpaired) electrons. The first-order valence-corrected chi connectivity index (χ1v) is 4.37. The highest BCUT2D eigenvalue weighted by atomic mass is 14.8. The minimum absolute atomic E-state index is 1.18. The van der Waals surface area contributed by atoms with Crippen LogP contribution < -0.4 is 5.32 Å². The van der Waals surface area contributed by atoms with Gasteiger partial charge in [0, 0.05) is 12.7 Å². The topological polar surface area (TPSA) is 12.0 Å². The highest BCUT2D eigenvalue weighted by Crippen LogP contribution is 2.29. The van der Waals surface area contributed by atoms with Gasteiger partial charge in [-0.3, -0.25) is 0 Å². The molecule has 12 heavy (non-hydrogen) atoms. The highest BCUT2D eigenvalue weighted by Gasteiger charge is 2.06. The SMILES string of the molecule is CNc1ccc(C2=CCC2)cc1. The van der Waals surface area contributed by atoms with E-state index in [2.05, 4.69) is 35.7 Å². The Labute approximate surface area is 73.1 Å². The van der Waals surface area contributed by atoms with Crippen LogP contribution in [0, 0.1) is 0 Å². The van der Waals surface area contributed by atoms with Gasteiger partial charge in [-0.05, 0) is 36.1 Å². The summed E-state index contributed by atoms with van der Waals surface area (Å²) < 4.78 is 0. The molecule has 1 aromatic rings. The maximum absolute atomic E-state index is 3.11. The van der Waals surface area contributed by atoms with Crippen LogP contribution in [0.5, 0.6) is 0 Å². The van der Waals surface area contributed by atoms with E-state index in [4.69, 9.17) is 0 Å². The van der Waals surface area contributed by atoms with E-state index in [0.29, 0.717) is 0 Å². The Kier molecular flexibility index (Phi) is 1.86. The second kappa shape index (κ2) is 3.02. The van der Waals surface area contributed by atoms with Crippen LogP contribution in [0.4, 0.5) is 5.69 Å². The van der Waals surface area contributed by atoms with Crippen molar-refractivity contribution in [1.29, 1.82) is 0 Å².